The van der Waals surface area contributed by atoms with Crippen molar-refractivity contribution >= 4 is 46.4 Å². The number of hydrogen-bond acceptors (Lipinski definition) is 8. The minimum absolute atomic E-state index is 0.583. The predicted molar refractivity (Wildman–Crippen MR) is 152 cm³/mol. The molecular weight excluding hydrogens is 506 g/mol. The van der Waals surface area contributed by atoms with Gasteiger partial charge in [-0.3, -0.25) is 19.7 Å². The van der Waals surface area contributed by atoms with Crippen molar-refractivity contribution in [3.8, 4) is 5.75 Å². The molecule has 37 heavy (non-hydrogen) atoms. The number of nitrogens with one attached hydrogen (secondary N) is 1. The number of aromatic nitrogens is 2. The number of carbonyl (C=O) groups is 1. The summed E-state index contributed by atoms with van der Waals surface area (Å²) in [7, 11) is 3.75. The smallest absolute Gasteiger partial charge is 0.150 e. The molecule has 1 aliphatic rings. The van der Waals surface area contributed by atoms with Crippen LogP contribution < -0.4 is 9.46 Å². The van der Waals surface area contributed by atoms with Gasteiger partial charge in [0.05, 0.1) is 28.2 Å². The average Bonchev–Trinajstić information content (AvgIpc) is 2.93. The number of aldehydes is 1. The monoisotopic (exact) mass is 535 g/mol. The Morgan fingerprint density at radius 3 is 2.65 bits per heavy atom. The second-order valence-corrected chi connectivity index (χ2v) is 9.99. The summed E-state index contributed by atoms with van der Waals surface area (Å²) in [5.74, 6) is 0.630. The predicted octanol–water partition coefficient (Wildman–Crippen LogP) is 5.66. The Morgan fingerprint density at radius 2 is 1.89 bits per heavy atom. The standard InChI is InChI=1S/C17H14N2O2S.C11H16ClN3/c1-21-15-10-12(11-20)7-8-14(15)19-22-16-6-2-4-13-5-3-9-18-17(13)16;1-14-2-4-15(5-3-14)9-10-6-11(12)8-13-7-10/h2-11,19H,1H3;6-8H,2-5,9H2,1H3. The van der Waals surface area contributed by atoms with Crippen molar-refractivity contribution in [2.45, 2.75) is 11.4 Å². The van der Waals surface area contributed by atoms with E-state index in [4.69, 9.17) is 16.3 Å². The van der Waals surface area contributed by atoms with Crippen LogP contribution in [0.1, 0.15) is 15.9 Å². The van der Waals surface area contributed by atoms with E-state index in [1.54, 1.807) is 31.6 Å². The van der Waals surface area contributed by atoms with Crippen LogP contribution in [-0.2, 0) is 6.54 Å². The maximum absolute atomic E-state index is 10.8. The lowest BCUT2D eigenvalue weighted by atomic mass is 10.2. The second kappa shape index (κ2) is 13.4. The molecule has 9 heteroatoms. The molecule has 0 atom stereocenters. The zero-order valence-corrected chi connectivity index (χ0v) is 22.5. The van der Waals surface area contributed by atoms with Crippen molar-refractivity contribution in [3.05, 3.63) is 89.3 Å². The molecule has 192 valence electrons. The Balaban J connectivity index is 0.000000186. The summed E-state index contributed by atoms with van der Waals surface area (Å²) in [5, 5.41) is 1.82. The summed E-state index contributed by atoms with van der Waals surface area (Å²) in [6.45, 7) is 5.51. The lowest BCUT2D eigenvalue weighted by Crippen LogP contribution is -2.43. The minimum Gasteiger partial charge on any atom is -0.495 e. The van der Waals surface area contributed by atoms with Gasteiger partial charge in [0.2, 0.25) is 0 Å². The van der Waals surface area contributed by atoms with Crippen molar-refractivity contribution in [1.29, 1.82) is 0 Å². The van der Waals surface area contributed by atoms with Crippen LogP contribution in [0.5, 0.6) is 5.75 Å². The molecule has 0 unspecified atom stereocenters. The van der Waals surface area contributed by atoms with Crippen LogP contribution in [0.15, 0.2) is 78.1 Å². The zero-order chi connectivity index (χ0) is 26.0. The number of ether oxygens (including phenoxy) is 1. The number of fused-ring (bicyclic) bond motifs is 1. The van der Waals surface area contributed by atoms with Crippen LogP contribution in [0.3, 0.4) is 0 Å². The van der Waals surface area contributed by atoms with E-state index in [2.05, 4.69) is 31.5 Å². The number of halogens is 1. The van der Waals surface area contributed by atoms with E-state index in [1.165, 1.54) is 17.5 Å². The molecule has 1 fully saturated rings. The Labute approximate surface area is 226 Å². The Kier molecular flexibility index (Phi) is 9.73. The number of piperazine rings is 1. The fourth-order valence-electron chi connectivity index (χ4n) is 3.94. The van der Waals surface area contributed by atoms with Gasteiger partial charge in [-0.25, -0.2) is 0 Å². The van der Waals surface area contributed by atoms with Gasteiger partial charge in [-0.1, -0.05) is 29.8 Å². The summed E-state index contributed by atoms with van der Waals surface area (Å²) in [6.07, 6.45) is 6.15. The molecule has 1 saturated heterocycles. The fourth-order valence-corrected chi connectivity index (χ4v) is 4.94. The van der Waals surface area contributed by atoms with Gasteiger partial charge in [-0.2, -0.15) is 0 Å². The lowest BCUT2D eigenvalue weighted by Gasteiger charge is -2.32. The minimum atomic E-state index is 0.583. The van der Waals surface area contributed by atoms with E-state index in [-0.39, 0.29) is 0 Å². The van der Waals surface area contributed by atoms with Crippen molar-refractivity contribution in [3.63, 3.8) is 0 Å². The van der Waals surface area contributed by atoms with Crippen LogP contribution in [0.2, 0.25) is 5.02 Å². The van der Waals surface area contributed by atoms with Gasteiger partial charge in [-0.15, -0.1) is 0 Å². The highest BCUT2D eigenvalue weighted by Gasteiger charge is 2.14. The number of benzene rings is 2. The molecule has 0 bridgehead atoms. The number of nitrogens with zero attached hydrogens (tertiary/aromatic N) is 4. The third-order valence-corrected chi connectivity index (χ3v) is 7.07. The largest absolute Gasteiger partial charge is 0.495 e. The van der Waals surface area contributed by atoms with Crippen LogP contribution in [0, 0.1) is 0 Å². The molecule has 5 rings (SSSR count). The number of anilines is 1. The van der Waals surface area contributed by atoms with E-state index in [0.29, 0.717) is 11.3 Å². The van der Waals surface area contributed by atoms with Gasteiger partial charge >= 0.3 is 0 Å². The summed E-state index contributed by atoms with van der Waals surface area (Å²) in [5.41, 5.74) is 3.54. The second-order valence-electron chi connectivity index (χ2n) is 8.70. The molecule has 3 heterocycles. The molecule has 2 aromatic heterocycles. The van der Waals surface area contributed by atoms with Crippen LogP contribution in [0.25, 0.3) is 10.9 Å². The van der Waals surface area contributed by atoms with Gasteiger partial charge in [0.25, 0.3) is 0 Å². The SMILES string of the molecule is CN1CCN(Cc2cncc(Cl)c2)CC1.COc1cc(C=O)ccc1NSc1cccc2cccnc12. The molecule has 0 saturated carbocycles. The van der Waals surface area contributed by atoms with Gasteiger partial charge in [0.1, 0.15) is 12.0 Å². The first-order valence-electron chi connectivity index (χ1n) is 12.0. The van der Waals surface area contributed by atoms with Crippen molar-refractivity contribution < 1.29 is 9.53 Å². The van der Waals surface area contributed by atoms with Crippen molar-refractivity contribution in [1.82, 2.24) is 19.8 Å². The summed E-state index contributed by atoms with van der Waals surface area (Å²) in [6, 6.07) is 17.3. The van der Waals surface area contributed by atoms with Crippen LogP contribution >= 0.6 is 23.5 Å². The molecule has 4 aromatic rings. The molecule has 0 spiro atoms. The van der Waals surface area contributed by atoms with Crippen LogP contribution in [0.4, 0.5) is 5.69 Å². The molecule has 1 N–H and O–H groups in total. The van der Waals surface area contributed by atoms with Crippen molar-refractivity contribution in [2.75, 3.05) is 45.1 Å². The number of hydrogen-bond donors (Lipinski definition) is 1. The normalized spacial score (nSPS) is 14.0. The van der Waals surface area contributed by atoms with Gasteiger partial charge < -0.3 is 14.4 Å². The zero-order valence-electron chi connectivity index (χ0n) is 20.9. The van der Waals surface area contributed by atoms with E-state index < -0.39 is 0 Å². The maximum Gasteiger partial charge on any atom is 0.150 e. The Bertz CT molecular complexity index is 1330. The van der Waals surface area contributed by atoms with Gasteiger partial charge in [0.15, 0.2) is 0 Å². The van der Waals surface area contributed by atoms with E-state index >= 15 is 0 Å². The number of rotatable bonds is 7. The first kappa shape index (κ1) is 26.9. The number of para-hydroxylation sites is 1. The third-order valence-electron chi connectivity index (χ3n) is 5.99. The highest BCUT2D eigenvalue weighted by molar-refractivity contribution is 8.00. The summed E-state index contributed by atoms with van der Waals surface area (Å²) < 4.78 is 8.57. The molecule has 1 aliphatic heterocycles. The highest BCUT2D eigenvalue weighted by Crippen LogP contribution is 2.32. The quantitative estimate of drug-likeness (QED) is 0.240. The average molecular weight is 536 g/mol. The lowest BCUT2D eigenvalue weighted by molar-refractivity contribution is 0.112. The van der Waals surface area contributed by atoms with Crippen LogP contribution in [-0.4, -0.2) is 66.4 Å². The fraction of sp³-hybridized carbons (Fsp3) is 0.250. The molecule has 2 aromatic carbocycles. The molecule has 0 amide bonds. The van der Waals surface area contributed by atoms with Gasteiger partial charge in [0, 0.05) is 62.3 Å². The topological polar surface area (TPSA) is 70.6 Å². The number of likely N-dealkylation sites (N-methyl/N-ethyl adjacent to an activating group) is 1. The summed E-state index contributed by atoms with van der Waals surface area (Å²) in [4.78, 5) is 25.2. The van der Waals surface area contributed by atoms with E-state index in [1.807, 2.05) is 48.7 Å². The highest BCUT2D eigenvalue weighted by atomic mass is 35.5. The third kappa shape index (κ3) is 7.66. The maximum atomic E-state index is 10.8. The first-order chi connectivity index (χ1) is 18.1. The number of methoxy groups -OCH3 is 1. The molecule has 7 nitrogen and oxygen atoms in total. The van der Waals surface area contributed by atoms with E-state index in [0.717, 1.165) is 65.5 Å². The Morgan fingerprint density at radius 1 is 1.08 bits per heavy atom. The Hall–Kier alpha value is -3.17. The number of pyridine rings is 2. The number of carbonyl (C=O) groups excluding carboxylic acids is 1. The summed E-state index contributed by atoms with van der Waals surface area (Å²) >= 11 is 7.36. The first-order valence-corrected chi connectivity index (χ1v) is 13.2. The van der Waals surface area contributed by atoms with Crippen molar-refractivity contribution in [2.24, 2.45) is 0 Å². The molecule has 0 aliphatic carbocycles. The van der Waals surface area contributed by atoms with Gasteiger partial charge in [-0.05, 0) is 61.0 Å². The molecular formula is C28H30ClN5O2S. The molecule has 0 radical (unpaired) electrons. The van der Waals surface area contributed by atoms with E-state index in [9.17, 15) is 4.79 Å².